The summed E-state index contributed by atoms with van der Waals surface area (Å²) in [5.41, 5.74) is 2.83. The van der Waals surface area contributed by atoms with Crippen LogP contribution in [-0.4, -0.2) is 23.1 Å². The van der Waals surface area contributed by atoms with Gasteiger partial charge in [0.05, 0.1) is 0 Å². The summed E-state index contributed by atoms with van der Waals surface area (Å²) in [7, 11) is 0. The van der Waals surface area contributed by atoms with Crippen LogP contribution in [0.3, 0.4) is 0 Å². The molecular formula is C18H27NO. The van der Waals surface area contributed by atoms with Crippen LogP contribution >= 0.6 is 0 Å². The zero-order chi connectivity index (χ0) is 13.9. The topological polar surface area (TPSA) is 23.5 Å². The van der Waals surface area contributed by atoms with Gasteiger partial charge in [-0.05, 0) is 74.4 Å². The molecule has 2 heteroatoms. The summed E-state index contributed by atoms with van der Waals surface area (Å²) in [6.07, 6.45) is 9.24. The Hall–Kier alpha value is -1.02. The number of hydrogen-bond acceptors (Lipinski definition) is 2. The van der Waals surface area contributed by atoms with Crippen LogP contribution in [0.1, 0.15) is 62.6 Å². The SMILES string of the molecule is CCCC1CCCN(C2CCc3cc(O)ccc32)CC1. The minimum Gasteiger partial charge on any atom is -0.508 e. The fourth-order valence-electron chi connectivity index (χ4n) is 4.16. The molecule has 1 aromatic rings. The maximum Gasteiger partial charge on any atom is 0.115 e. The number of likely N-dealkylation sites (tertiary alicyclic amines) is 1. The maximum absolute atomic E-state index is 9.62. The van der Waals surface area contributed by atoms with E-state index in [1.807, 2.05) is 12.1 Å². The molecule has 110 valence electrons. The Balaban J connectivity index is 1.69. The standard InChI is InChI=1S/C18H27NO/c1-2-4-14-5-3-11-19(12-10-14)18-9-6-15-13-16(20)7-8-17(15)18/h7-8,13-14,18,20H,2-6,9-12H2,1H3. The molecular weight excluding hydrogens is 246 g/mol. The fourth-order valence-corrected chi connectivity index (χ4v) is 4.16. The van der Waals surface area contributed by atoms with Crippen LogP contribution in [0.15, 0.2) is 18.2 Å². The summed E-state index contributed by atoms with van der Waals surface area (Å²) < 4.78 is 0. The molecule has 1 aliphatic carbocycles. The van der Waals surface area contributed by atoms with Crippen molar-refractivity contribution in [2.75, 3.05) is 13.1 Å². The van der Waals surface area contributed by atoms with Crippen LogP contribution in [0.4, 0.5) is 0 Å². The Morgan fingerprint density at radius 3 is 2.95 bits per heavy atom. The van der Waals surface area contributed by atoms with Gasteiger partial charge in [-0.15, -0.1) is 0 Å². The number of aromatic hydroxyl groups is 1. The first kappa shape index (κ1) is 13.9. The molecule has 1 heterocycles. The van der Waals surface area contributed by atoms with Gasteiger partial charge in [0.1, 0.15) is 5.75 Å². The van der Waals surface area contributed by atoms with E-state index in [0.29, 0.717) is 11.8 Å². The third-order valence-corrected chi connectivity index (χ3v) is 5.19. The van der Waals surface area contributed by atoms with E-state index in [-0.39, 0.29) is 0 Å². The number of fused-ring (bicyclic) bond motifs is 1. The van der Waals surface area contributed by atoms with Gasteiger partial charge in [-0.2, -0.15) is 0 Å². The quantitative estimate of drug-likeness (QED) is 0.888. The van der Waals surface area contributed by atoms with Crippen molar-refractivity contribution in [3.63, 3.8) is 0 Å². The van der Waals surface area contributed by atoms with Crippen molar-refractivity contribution in [3.05, 3.63) is 29.3 Å². The molecule has 2 aliphatic rings. The lowest BCUT2D eigenvalue weighted by atomic mass is 9.96. The van der Waals surface area contributed by atoms with E-state index in [2.05, 4.69) is 17.9 Å². The predicted molar refractivity (Wildman–Crippen MR) is 83.0 cm³/mol. The second-order valence-corrected chi connectivity index (χ2v) is 6.56. The zero-order valence-electron chi connectivity index (χ0n) is 12.6. The Morgan fingerprint density at radius 1 is 1.20 bits per heavy atom. The number of aryl methyl sites for hydroxylation is 1. The van der Waals surface area contributed by atoms with Gasteiger partial charge in [0.25, 0.3) is 0 Å². The Labute approximate surface area is 122 Å². The molecule has 2 nitrogen and oxygen atoms in total. The van der Waals surface area contributed by atoms with Crippen LogP contribution in [0.2, 0.25) is 0 Å². The van der Waals surface area contributed by atoms with Gasteiger partial charge in [-0.25, -0.2) is 0 Å². The van der Waals surface area contributed by atoms with E-state index in [4.69, 9.17) is 0 Å². The summed E-state index contributed by atoms with van der Waals surface area (Å²) in [4.78, 5) is 2.71. The Morgan fingerprint density at radius 2 is 2.10 bits per heavy atom. The molecule has 1 fully saturated rings. The molecule has 0 bridgehead atoms. The number of benzene rings is 1. The normalized spacial score (nSPS) is 27.2. The van der Waals surface area contributed by atoms with Crippen molar-refractivity contribution in [1.82, 2.24) is 4.90 Å². The third-order valence-electron chi connectivity index (χ3n) is 5.19. The van der Waals surface area contributed by atoms with E-state index in [1.54, 1.807) is 0 Å². The van der Waals surface area contributed by atoms with Gasteiger partial charge < -0.3 is 5.11 Å². The number of phenolic OH excluding ortho intramolecular Hbond substituents is 1. The minimum absolute atomic E-state index is 0.420. The van der Waals surface area contributed by atoms with Crippen molar-refractivity contribution in [3.8, 4) is 5.75 Å². The first-order chi connectivity index (χ1) is 9.78. The predicted octanol–water partition coefficient (Wildman–Crippen LogP) is 4.28. The van der Waals surface area contributed by atoms with Gasteiger partial charge in [0.15, 0.2) is 0 Å². The van der Waals surface area contributed by atoms with Crippen molar-refractivity contribution in [2.45, 2.75) is 57.9 Å². The second kappa shape index (κ2) is 6.17. The summed E-state index contributed by atoms with van der Waals surface area (Å²) in [6.45, 7) is 4.82. The van der Waals surface area contributed by atoms with E-state index in [1.165, 1.54) is 62.7 Å². The van der Waals surface area contributed by atoms with E-state index < -0.39 is 0 Å². The first-order valence-corrected chi connectivity index (χ1v) is 8.33. The Kier molecular flexibility index (Phi) is 4.30. The van der Waals surface area contributed by atoms with Gasteiger partial charge in [0.2, 0.25) is 0 Å². The average Bonchev–Trinajstić information content (AvgIpc) is 2.71. The van der Waals surface area contributed by atoms with Crippen molar-refractivity contribution >= 4 is 0 Å². The maximum atomic E-state index is 9.62. The van der Waals surface area contributed by atoms with Gasteiger partial charge >= 0.3 is 0 Å². The summed E-state index contributed by atoms with van der Waals surface area (Å²) in [5.74, 6) is 1.37. The molecule has 0 amide bonds. The van der Waals surface area contributed by atoms with Crippen LogP contribution in [-0.2, 0) is 6.42 Å². The molecule has 1 aliphatic heterocycles. The fraction of sp³-hybridized carbons (Fsp3) is 0.667. The monoisotopic (exact) mass is 273 g/mol. The van der Waals surface area contributed by atoms with Crippen LogP contribution in [0, 0.1) is 5.92 Å². The average molecular weight is 273 g/mol. The van der Waals surface area contributed by atoms with Gasteiger partial charge in [0, 0.05) is 6.04 Å². The number of phenols is 1. The minimum atomic E-state index is 0.420. The molecule has 0 saturated carbocycles. The van der Waals surface area contributed by atoms with Crippen molar-refractivity contribution < 1.29 is 5.11 Å². The van der Waals surface area contributed by atoms with Crippen molar-refractivity contribution in [2.24, 2.45) is 5.92 Å². The highest BCUT2D eigenvalue weighted by atomic mass is 16.3. The number of rotatable bonds is 3. The molecule has 1 N–H and O–H groups in total. The summed E-state index contributed by atoms with van der Waals surface area (Å²) >= 11 is 0. The highest BCUT2D eigenvalue weighted by molar-refractivity contribution is 5.40. The largest absolute Gasteiger partial charge is 0.508 e. The molecule has 0 aromatic heterocycles. The summed E-state index contributed by atoms with van der Waals surface area (Å²) in [5, 5.41) is 9.62. The molecule has 0 radical (unpaired) electrons. The molecule has 2 atom stereocenters. The van der Waals surface area contributed by atoms with Crippen molar-refractivity contribution in [1.29, 1.82) is 0 Å². The van der Waals surface area contributed by atoms with Crippen LogP contribution in [0.5, 0.6) is 5.75 Å². The van der Waals surface area contributed by atoms with Gasteiger partial charge in [-0.3, -0.25) is 4.90 Å². The van der Waals surface area contributed by atoms with E-state index in [9.17, 15) is 5.11 Å². The lowest BCUT2D eigenvalue weighted by Crippen LogP contribution is -2.28. The Bertz CT molecular complexity index is 457. The van der Waals surface area contributed by atoms with Crippen LogP contribution < -0.4 is 0 Å². The van der Waals surface area contributed by atoms with Crippen LogP contribution in [0.25, 0.3) is 0 Å². The van der Waals surface area contributed by atoms with E-state index >= 15 is 0 Å². The number of nitrogens with zero attached hydrogens (tertiary/aromatic N) is 1. The summed E-state index contributed by atoms with van der Waals surface area (Å²) in [6, 6.07) is 6.57. The molecule has 20 heavy (non-hydrogen) atoms. The first-order valence-electron chi connectivity index (χ1n) is 8.33. The van der Waals surface area contributed by atoms with Gasteiger partial charge in [-0.1, -0.05) is 25.8 Å². The third kappa shape index (κ3) is 2.85. The zero-order valence-corrected chi connectivity index (χ0v) is 12.6. The lowest BCUT2D eigenvalue weighted by Gasteiger charge is -2.28. The molecule has 0 spiro atoms. The van der Waals surface area contributed by atoms with E-state index in [0.717, 1.165) is 12.3 Å². The smallest absolute Gasteiger partial charge is 0.115 e. The highest BCUT2D eigenvalue weighted by Gasteiger charge is 2.29. The second-order valence-electron chi connectivity index (χ2n) is 6.56. The lowest BCUT2D eigenvalue weighted by molar-refractivity contribution is 0.201. The highest BCUT2D eigenvalue weighted by Crippen LogP contribution is 2.38. The molecule has 1 aromatic carbocycles. The molecule has 3 rings (SSSR count). The molecule has 1 saturated heterocycles. The molecule has 2 unspecified atom stereocenters. The number of hydrogen-bond donors (Lipinski definition) is 1.